The van der Waals surface area contributed by atoms with Crippen LogP contribution < -0.4 is 5.73 Å². The van der Waals surface area contributed by atoms with Crippen molar-refractivity contribution >= 4 is 22.9 Å². The summed E-state index contributed by atoms with van der Waals surface area (Å²) in [6.07, 6.45) is 3.75. The molecule has 0 aliphatic heterocycles. The highest BCUT2D eigenvalue weighted by molar-refractivity contribution is 7.16. The molecule has 0 bridgehead atoms. The Morgan fingerprint density at radius 2 is 2.25 bits per heavy atom. The Hall–Kier alpha value is -0.840. The average molecular weight is 256 g/mol. The largest absolute Gasteiger partial charge is 0.326 e. The van der Waals surface area contributed by atoms with Crippen molar-refractivity contribution in [3.63, 3.8) is 0 Å². The van der Waals surface area contributed by atoms with E-state index in [9.17, 15) is 0 Å². The first-order chi connectivity index (χ1) is 7.59. The molecule has 0 saturated carbocycles. The van der Waals surface area contributed by atoms with Crippen molar-refractivity contribution in [1.82, 2.24) is 9.55 Å². The summed E-state index contributed by atoms with van der Waals surface area (Å²) in [5.74, 6) is 0.965. The molecule has 3 nitrogen and oxygen atoms in total. The van der Waals surface area contributed by atoms with E-state index in [4.69, 9.17) is 17.3 Å². The highest BCUT2D eigenvalue weighted by atomic mass is 35.5. The van der Waals surface area contributed by atoms with Crippen LogP contribution in [0.2, 0.25) is 4.34 Å². The van der Waals surface area contributed by atoms with Gasteiger partial charge in [0.2, 0.25) is 0 Å². The number of nitrogens with two attached hydrogens (primary N) is 1. The molecule has 2 N–H and O–H groups in total. The maximum Gasteiger partial charge on any atom is 0.106 e. The summed E-state index contributed by atoms with van der Waals surface area (Å²) >= 11 is 7.53. The van der Waals surface area contributed by atoms with Crippen molar-refractivity contribution < 1.29 is 0 Å². The normalized spacial score (nSPS) is 15.0. The van der Waals surface area contributed by atoms with E-state index in [0.29, 0.717) is 0 Å². The van der Waals surface area contributed by atoms with Crippen LogP contribution in [-0.2, 0) is 0 Å². The van der Waals surface area contributed by atoms with E-state index in [-0.39, 0.29) is 12.1 Å². The van der Waals surface area contributed by atoms with E-state index in [1.165, 1.54) is 4.88 Å². The Bertz CT molecular complexity index is 475. The minimum absolute atomic E-state index is 0.0163. The molecule has 2 rings (SSSR count). The van der Waals surface area contributed by atoms with E-state index in [1.807, 2.05) is 32.2 Å². The third kappa shape index (κ3) is 2.14. The number of halogens is 1. The lowest BCUT2D eigenvalue weighted by molar-refractivity contribution is 0.493. The van der Waals surface area contributed by atoms with Crippen molar-refractivity contribution in [2.75, 3.05) is 0 Å². The van der Waals surface area contributed by atoms with Gasteiger partial charge >= 0.3 is 0 Å². The number of nitrogens with zero attached hydrogens (tertiary/aromatic N) is 2. The number of thiophene rings is 1. The minimum atomic E-state index is 0.0163. The van der Waals surface area contributed by atoms with Gasteiger partial charge in [0.05, 0.1) is 10.4 Å². The zero-order chi connectivity index (χ0) is 11.7. The summed E-state index contributed by atoms with van der Waals surface area (Å²) in [7, 11) is 0. The predicted molar refractivity (Wildman–Crippen MR) is 68.1 cm³/mol. The summed E-state index contributed by atoms with van der Waals surface area (Å²) in [5.41, 5.74) is 6.05. The maximum atomic E-state index is 6.05. The van der Waals surface area contributed by atoms with Gasteiger partial charge in [-0.1, -0.05) is 11.6 Å². The van der Waals surface area contributed by atoms with Crippen LogP contribution in [0.15, 0.2) is 24.5 Å². The van der Waals surface area contributed by atoms with Gasteiger partial charge in [-0.3, -0.25) is 0 Å². The monoisotopic (exact) mass is 255 g/mol. The molecular weight excluding hydrogens is 242 g/mol. The first-order valence-corrected chi connectivity index (χ1v) is 6.29. The molecule has 0 spiro atoms. The summed E-state index contributed by atoms with van der Waals surface area (Å²) in [4.78, 5) is 5.40. The van der Waals surface area contributed by atoms with E-state index in [1.54, 1.807) is 17.5 Å². The number of rotatable bonds is 3. The number of imidazole rings is 1. The Labute approximate surface area is 104 Å². The second kappa shape index (κ2) is 4.57. The molecule has 2 aromatic rings. The highest BCUT2D eigenvalue weighted by Gasteiger charge is 2.21. The van der Waals surface area contributed by atoms with Gasteiger partial charge in [-0.2, -0.15) is 0 Å². The van der Waals surface area contributed by atoms with Gasteiger partial charge in [-0.25, -0.2) is 4.98 Å². The maximum absolute atomic E-state index is 6.05. The molecule has 0 fully saturated rings. The van der Waals surface area contributed by atoms with Gasteiger partial charge in [0.1, 0.15) is 5.82 Å². The fourth-order valence-corrected chi connectivity index (χ4v) is 3.09. The topological polar surface area (TPSA) is 43.8 Å². The third-order valence-corrected chi connectivity index (χ3v) is 3.85. The van der Waals surface area contributed by atoms with Crippen molar-refractivity contribution in [2.45, 2.75) is 25.9 Å². The van der Waals surface area contributed by atoms with Crippen LogP contribution in [0.5, 0.6) is 0 Å². The molecule has 0 radical (unpaired) electrons. The van der Waals surface area contributed by atoms with Gasteiger partial charge in [0.15, 0.2) is 0 Å². The molecule has 2 heterocycles. The molecule has 0 aliphatic rings. The van der Waals surface area contributed by atoms with Crippen LogP contribution in [0.3, 0.4) is 0 Å². The molecule has 0 amide bonds. The average Bonchev–Trinajstić information content (AvgIpc) is 2.78. The number of hydrogen-bond donors (Lipinski definition) is 1. The molecule has 86 valence electrons. The van der Waals surface area contributed by atoms with Crippen LogP contribution in [0, 0.1) is 6.92 Å². The molecule has 0 aromatic carbocycles. The van der Waals surface area contributed by atoms with Crippen LogP contribution in [0.1, 0.15) is 23.7 Å². The molecule has 5 heteroatoms. The lowest BCUT2D eigenvalue weighted by Crippen LogP contribution is -2.29. The molecular formula is C11H14ClN3S. The molecule has 0 saturated heterocycles. The van der Waals surface area contributed by atoms with Crippen LogP contribution in [-0.4, -0.2) is 15.6 Å². The molecule has 2 unspecified atom stereocenters. The highest BCUT2D eigenvalue weighted by Crippen LogP contribution is 2.31. The van der Waals surface area contributed by atoms with Crippen molar-refractivity contribution in [2.24, 2.45) is 5.73 Å². The SMILES string of the molecule is Cc1nccn1C(c1ccc(Cl)s1)C(C)N. The van der Waals surface area contributed by atoms with E-state index >= 15 is 0 Å². The molecule has 16 heavy (non-hydrogen) atoms. The van der Waals surface area contributed by atoms with Gasteiger partial charge in [0.25, 0.3) is 0 Å². The van der Waals surface area contributed by atoms with Crippen molar-refractivity contribution in [3.8, 4) is 0 Å². The number of hydrogen-bond acceptors (Lipinski definition) is 3. The smallest absolute Gasteiger partial charge is 0.106 e. The summed E-state index contributed by atoms with van der Waals surface area (Å²) in [5, 5.41) is 0. The van der Waals surface area contributed by atoms with Crippen LogP contribution in [0.4, 0.5) is 0 Å². The second-order valence-corrected chi connectivity index (χ2v) is 5.57. The van der Waals surface area contributed by atoms with Crippen molar-refractivity contribution in [3.05, 3.63) is 39.6 Å². The van der Waals surface area contributed by atoms with E-state index in [2.05, 4.69) is 9.55 Å². The predicted octanol–water partition coefficient (Wildman–Crippen LogP) is 2.84. The lowest BCUT2D eigenvalue weighted by Gasteiger charge is -2.22. The van der Waals surface area contributed by atoms with Gasteiger partial charge in [-0.05, 0) is 26.0 Å². The lowest BCUT2D eigenvalue weighted by atomic mass is 10.1. The Morgan fingerprint density at radius 1 is 1.50 bits per heavy atom. The van der Waals surface area contributed by atoms with Crippen LogP contribution >= 0.6 is 22.9 Å². The molecule has 0 aliphatic carbocycles. The first kappa shape index (κ1) is 11.6. The van der Waals surface area contributed by atoms with E-state index in [0.717, 1.165) is 10.2 Å². The molecule has 2 aromatic heterocycles. The Morgan fingerprint density at radius 3 is 2.69 bits per heavy atom. The second-order valence-electron chi connectivity index (χ2n) is 3.83. The Kier molecular flexibility index (Phi) is 3.33. The fraction of sp³-hybridized carbons (Fsp3) is 0.364. The summed E-state index contributed by atoms with van der Waals surface area (Å²) in [6, 6.07) is 4.06. The quantitative estimate of drug-likeness (QED) is 0.917. The third-order valence-electron chi connectivity index (χ3n) is 2.55. The first-order valence-electron chi connectivity index (χ1n) is 5.10. The summed E-state index contributed by atoms with van der Waals surface area (Å²) < 4.78 is 2.88. The van der Waals surface area contributed by atoms with Crippen molar-refractivity contribution in [1.29, 1.82) is 0 Å². The summed E-state index contributed by atoms with van der Waals surface area (Å²) in [6.45, 7) is 3.97. The molecule has 2 atom stereocenters. The fourth-order valence-electron chi connectivity index (χ4n) is 1.82. The van der Waals surface area contributed by atoms with E-state index < -0.39 is 0 Å². The zero-order valence-corrected chi connectivity index (χ0v) is 10.8. The minimum Gasteiger partial charge on any atom is -0.326 e. The van der Waals surface area contributed by atoms with Gasteiger partial charge in [0, 0.05) is 23.3 Å². The Balaban J connectivity index is 2.42. The standard InChI is InChI=1S/C11H14ClN3S/c1-7(13)11(9-3-4-10(12)16-9)15-6-5-14-8(15)2/h3-7,11H,13H2,1-2H3. The zero-order valence-electron chi connectivity index (χ0n) is 9.22. The number of aromatic nitrogens is 2. The number of aryl methyl sites for hydroxylation is 1. The van der Waals surface area contributed by atoms with Crippen LogP contribution in [0.25, 0.3) is 0 Å². The van der Waals surface area contributed by atoms with Gasteiger partial charge in [-0.15, -0.1) is 11.3 Å². The van der Waals surface area contributed by atoms with Gasteiger partial charge < -0.3 is 10.3 Å².